The second-order valence-electron chi connectivity index (χ2n) is 11.0. The quantitative estimate of drug-likeness (QED) is 0.125. The molecule has 0 N–H and O–H groups in total. The normalized spacial score (nSPS) is 11.7. The smallest absolute Gasteiger partial charge is 0.657 e. The van der Waals surface area contributed by atoms with Gasteiger partial charge in [-0.25, -0.2) is 0 Å². The van der Waals surface area contributed by atoms with Gasteiger partial charge in [0.05, 0.1) is 0 Å². The van der Waals surface area contributed by atoms with E-state index in [1.807, 2.05) is 0 Å². The van der Waals surface area contributed by atoms with E-state index in [0.29, 0.717) is 22.2 Å². The van der Waals surface area contributed by atoms with Crippen molar-refractivity contribution in [1.29, 1.82) is 0 Å². The molecule has 0 spiro atoms. The van der Waals surface area contributed by atoms with Crippen LogP contribution in [0, 0.1) is 0 Å². The van der Waals surface area contributed by atoms with E-state index in [1.165, 1.54) is 77.0 Å². The van der Waals surface area contributed by atoms with Gasteiger partial charge in [0, 0.05) is 0 Å². The summed E-state index contributed by atoms with van der Waals surface area (Å²) in [6.07, 6.45) is 14.3. The standard InChI is InChI=1S/4C9H20N.Zr/c4*1-5-9(6-2,7-3)10-8-4;/h4*5-8H2,1-4H3;/q4*-1;+4. The first-order chi connectivity index (χ1) is 19.0. The molecule has 0 heterocycles. The Labute approximate surface area is 282 Å². The molecule has 0 aliphatic heterocycles. The van der Waals surface area contributed by atoms with Gasteiger partial charge in [-0.3, -0.25) is 0 Å². The maximum absolute atomic E-state index is 4.61. The molecule has 0 aromatic carbocycles. The minimum atomic E-state index is 0. The Morgan fingerprint density at radius 3 is 0.366 bits per heavy atom. The second-order valence-corrected chi connectivity index (χ2v) is 11.0. The number of hydrogen-bond donors (Lipinski definition) is 0. The van der Waals surface area contributed by atoms with Crippen LogP contribution in [0.25, 0.3) is 21.3 Å². The molecule has 5 heteroatoms. The van der Waals surface area contributed by atoms with Gasteiger partial charge in [-0.2, -0.15) is 26.2 Å². The first-order valence-corrected chi connectivity index (χ1v) is 17.7. The zero-order chi connectivity index (χ0) is 32.1. The van der Waals surface area contributed by atoms with Gasteiger partial charge in [0.15, 0.2) is 0 Å². The van der Waals surface area contributed by atoms with Gasteiger partial charge in [-0.05, 0) is 0 Å². The van der Waals surface area contributed by atoms with E-state index in [-0.39, 0.29) is 26.2 Å². The Kier molecular flexibility index (Phi) is 40.2. The van der Waals surface area contributed by atoms with Crippen LogP contribution in [0.2, 0.25) is 0 Å². The molecule has 0 amide bonds. The fourth-order valence-electron chi connectivity index (χ4n) is 5.68. The third-order valence-corrected chi connectivity index (χ3v) is 9.87. The molecule has 0 radical (unpaired) electrons. The van der Waals surface area contributed by atoms with Crippen molar-refractivity contribution < 1.29 is 26.2 Å². The van der Waals surface area contributed by atoms with Crippen LogP contribution >= 0.6 is 0 Å². The zero-order valence-corrected chi connectivity index (χ0v) is 34.1. The van der Waals surface area contributed by atoms with Crippen molar-refractivity contribution in [3.05, 3.63) is 21.3 Å². The predicted octanol–water partition coefficient (Wildman–Crippen LogP) is 13.4. The summed E-state index contributed by atoms with van der Waals surface area (Å²) in [6, 6.07) is 0. The van der Waals surface area contributed by atoms with E-state index in [0.717, 1.165) is 26.2 Å². The summed E-state index contributed by atoms with van der Waals surface area (Å²) >= 11 is 0. The molecule has 0 fully saturated rings. The minimum Gasteiger partial charge on any atom is -0.657 e. The molecule has 0 aliphatic rings. The van der Waals surface area contributed by atoms with Crippen molar-refractivity contribution in [3.63, 3.8) is 0 Å². The molecule has 0 saturated heterocycles. The van der Waals surface area contributed by atoms with Gasteiger partial charge < -0.3 is 21.3 Å². The van der Waals surface area contributed by atoms with Gasteiger partial charge in [-0.1, -0.05) is 188 Å². The predicted molar refractivity (Wildman–Crippen MR) is 190 cm³/mol. The van der Waals surface area contributed by atoms with E-state index < -0.39 is 0 Å². The Balaban J connectivity index is -0.000000139. The SMILES string of the molecule is CC[N-]C(CC)(CC)CC.CC[N-]C(CC)(CC)CC.CC[N-]C(CC)(CC)CC.CC[N-]C(CC)(CC)CC.[Zr+4]. The van der Waals surface area contributed by atoms with Gasteiger partial charge in [-0.15, -0.1) is 22.2 Å². The van der Waals surface area contributed by atoms with E-state index >= 15 is 0 Å². The van der Waals surface area contributed by atoms with Crippen LogP contribution in [0.1, 0.15) is 188 Å². The van der Waals surface area contributed by atoms with Crippen molar-refractivity contribution in [3.8, 4) is 0 Å². The van der Waals surface area contributed by atoms with Crippen LogP contribution in [0.5, 0.6) is 0 Å². The molecule has 0 unspecified atom stereocenters. The fraction of sp³-hybridized carbons (Fsp3) is 1.00. The summed E-state index contributed by atoms with van der Waals surface area (Å²) in [5.74, 6) is 0. The molecular weight excluding hydrogens is 580 g/mol. The average Bonchev–Trinajstić information content (AvgIpc) is 3.01. The van der Waals surface area contributed by atoms with Gasteiger partial charge in [0.25, 0.3) is 0 Å². The van der Waals surface area contributed by atoms with Gasteiger partial charge >= 0.3 is 26.2 Å². The third kappa shape index (κ3) is 22.0. The van der Waals surface area contributed by atoms with Crippen molar-refractivity contribution in [2.45, 2.75) is 210 Å². The maximum atomic E-state index is 4.61. The van der Waals surface area contributed by atoms with Crippen LogP contribution < -0.4 is 0 Å². The van der Waals surface area contributed by atoms with Crippen LogP contribution in [0.3, 0.4) is 0 Å². The maximum Gasteiger partial charge on any atom is 4.00 e. The van der Waals surface area contributed by atoms with Crippen LogP contribution in [-0.4, -0.2) is 48.3 Å². The molecule has 0 aromatic rings. The monoisotopic (exact) mass is 659 g/mol. The van der Waals surface area contributed by atoms with Crippen molar-refractivity contribution in [2.24, 2.45) is 0 Å². The van der Waals surface area contributed by atoms with E-state index in [1.54, 1.807) is 0 Å². The molecule has 0 saturated carbocycles. The number of hydrogen-bond acceptors (Lipinski definition) is 0. The summed E-state index contributed by atoms with van der Waals surface area (Å²) in [7, 11) is 0. The van der Waals surface area contributed by atoms with Crippen LogP contribution in [0.4, 0.5) is 0 Å². The van der Waals surface area contributed by atoms with Crippen molar-refractivity contribution >= 4 is 0 Å². The first-order valence-electron chi connectivity index (χ1n) is 17.7. The topological polar surface area (TPSA) is 56.4 Å². The molecule has 0 rings (SSSR count). The van der Waals surface area contributed by atoms with Crippen LogP contribution in [-0.2, 0) is 26.2 Å². The first kappa shape index (κ1) is 51.3. The molecule has 41 heavy (non-hydrogen) atoms. The van der Waals surface area contributed by atoms with Crippen molar-refractivity contribution in [2.75, 3.05) is 26.2 Å². The summed E-state index contributed by atoms with van der Waals surface area (Å²) in [4.78, 5) is 0. The summed E-state index contributed by atoms with van der Waals surface area (Å²) in [5.41, 5.74) is 1.20. The molecule has 4 nitrogen and oxygen atoms in total. The Morgan fingerprint density at radius 2 is 0.341 bits per heavy atom. The number of nitrogens with zero attached hydrogens (tertiary/aromatic N) is 4. The summed E-state index contributed by atoms with van der Waals surface area (Å²) in [6.45, 7) is 39.1. The van der Waals surface area contributed by atoms with Gasteiger partial charge in [0.1, 0.15) is 0 Å². The summed E-state index contributed by atoms with van der Waals surface area (Å²) < 4.78 is 0. The second kappa shape index (κ2) is 32.1. The minimum absolute atomic E-state index is 0. The van der Waals surface area contributed by atoms with Crippen molar-refractivity contribution in [1.82, 2.24) is 0 Å². The third-order valence-electron chi connectivity index (χ3n) is 9.87. The van der Waals surface area contributed by atoms with Crippen LogP contribution in [0.15, 0.2) is 0 Å². The molecule has 0 aliphatic carbocycles. The van der Waals surface area contributed by atoms with E-state index in [9.17, 15) is 0 Å². The van der Waals surface area contributed by atoms with Gasteiger partial charge in [0.2, 0.25) is 0 Å². The Morgan fingerprint density at radius 1 is 0.244 bits per heavy atom. The molecule has 0 bridgehead atoms. The largest absolute Gasteiger partial charge is 4.00 e. The van der Waals surface area contributed by atoms with E-state index in [4.69, 9.17) is 0 Å². The summed E-state index contributed by atoms with van der Waals surface area (Å²) in [5, 5.41) is 18.4. The Hall–Kier alpha value is 0.723. The molecule has 0 atom stereocenters. The molecule has 0 aromatic heterocycles. The fourth-order valence-corrected chi connectivity index (χ4v) is 5.68. The average molecular weight is 660 g/mol. The Bertz CT molecular complexity index is 361. The van der Waals surface area contributed by atoms with E-state index in [2.05, 4.69) is 132 Å². The zero-order valence-electron chi connectivity index (χ0n) is 31.6. The number of rotatable bonds is 20. The molecular formula is C36H80N4Zr. The molecule has 248 valence electrons.